The molecule has 2 aromatic carbocycles. The molecule has 0 spiro atoms. The van der Waals surface area contributed by atoms with Gasteiger partial charge in [0.2, 0.25) is 0 Å². The second-order valence-electron chi connectivity index (χ2n) is 6.73. The minimum Gasteiger partial charge on any atom is -0.457 e. The Labute approximate surface area is 168 Å². The van der Waals surface area contributed by atoms with E-state index >= 15 is 0 Å². The highest BCUT2D eigenvalue weighted by Gasteiger charge is 2.17. The summed E-state index contributed by atoms with van der Waals surface area (Å²) in [6, 6.07) is 18.5. The van der Waals surface area contributed by atoms with Gasteiger partial charge in [0, 0.05) is 30.1 Å². The number of aromatic amines is 1. The van der Waals surface area contributed by atoms with Crippen LogP contribution in [0.5, 0.6) is 11.5 Å². The molecule has 0 radical (unpaired) electrons. The van der Waals surface area contributed by atoms with Crippen molar-refractivity contribution in [3.05, 3.63) is 77.7 Å². The average Bonchev–Trinajstić information content (AvgIpc) is 3.27. The topological polar surface area (TPSA) is 84.8 Å². The molecule has 7 heteroatoms. The summed E-state index contributed by atoms with van der Waals surface area (Å²) >= 11 is 0. The van der Waals surface area contributed by atoms with Crippen molar-refractivity contribution in [1.82, 2.24) is 20.0 Å². The van der Waals surface area contributed by atoms with Crippen molar-refractivity contribution in [2.45, 2.75) is 13.8 Å². The van der Waals surface area contributed by atoms with Gasteiger partial charge in [-0.2, -0.15) is 10.2 Å². The number of rotatable bonds is 5. The van der Waals surface area contributed by atoms with Crippen molar-refractivity contribution >= 4 is 11.6 Å². The summed E-state index contributed by atoms with van der Waals surface area (Å²) in [7, 11) is 1.89. The molecule has 29 heavy (non-hydrogen) atoms. The Morgan fingerprint density at radius 2 is 1.79 bits per heavy atom. The molecular weight excluding hydrogens is 366 g/mol. The average molecular weight is 387 g/mol. The zero-order valence-corrected chi connectivity index (χ0v) is 16.4. The molecule has 146 valence electrons. The number of nitrogens with zero attached hydrogens (tertiary/aromatic N) is 3. The Hall–Kier alpha value is -3.87. The van der Waals surface area contributed by atoms with Crippen LogP contribution in [0.2, 0.25) is 0 Å². The summed E-state index contributed by atoms with van der Waals surface area (Å²) in [5.74, 6) is 1.09. The lowest BCUT2D eigenvalue weighted by molar-refractivity contribution is 0.102. The molecule has 1 amide bonds. The molecular formula is C22H21N5O2. The van der Waals surface area contributed by atoms with Crippen molar-refractivity contribution in [1.29, 1.82) is 0 Å². The number of amides is 1. The van der Waals surface area contributed by atoms with Gasteiger partial charge < -0.3 is 10.1 Å². The molecule has 0 aliphatic rings. The summed E-state index contributed by atoms with van der Waals surface area (Å²) in [4.78, 5) is 12.7. The number of hydrogen-bond acceptors (Lipinski definition) is 4. The van der Waals surface area contributed by atoms with Crippen LogP contribution >= 0.6 is 0 Å². The van der Waals surface area contributed by atoms with Gasteiger partial charge in [-0.3, -0.25) is 14.6 Å². The van der Waals surface area contributed by atoms with Crippen LogP contribution in [-0.2, 0) is 7.05 Å². The van der Waals surface area contributed by atoms with Crippen molar-refractivity contribution in [2.24, 2.45) is 7.05 Å². The number of nitrogens with one attached hydrogen (secondary N) is 2. The predicted octanol–water partition coefficient (Wildman–Crippen LogP) is 4.47. The SMILES string of the molecule is Cc1nn(C)c(C)c1-c1cc(C(=O)Nc2cccc(Oc3ccccc3)c2)[nH]n1. The summed E-state index contributed by atoms with van der Waals surface area (Å²) in [6.07, 6.45) is 0. The quantitative estimate of drug-likeness (QED) is 0.529. The van der Waals surface area contributed by atoms with E-state index in [2.05, 4.69) is 20.6 Å². The molecule has 0 saturated carbocycles. The zero-order chi connectivity index (χ0) is 20.4. The van der Waals surface area contributed by atoms with Crippen LogP contribution in [0, 0.1) is 13.8 Å². The highest BCUT2D eigenvalue weighted by atomic mass is 16.5. The number of aryl methyl sites for hydroxylation is 2. The maximum atomic E-state index is 12.7. The fraction of sp³-hybridized carbons (Fsp3) is 0.136. The van der Waals surface area contributed by atoms with Crippen LogP contribution < -0.4 is 10.1 Å². The van der Waals surface area contributed by atoms with E-state index < -0.39 is 0 Å². The number of aromatic nitrogens is 4. The van der Waals surface area contributed by atoms with Gasteiger partial charge in [-0.25, -0.2) is 0 Å². The van der Waals surface area contributed by atoms with E-state index in [1.165, 1.54) is 0 Å². The number of benzene rings is 2. The zero-order valence-electron chi connectivity index (χ0n) is 16.4. The highest BCUT2D eigenvalue weighted by molar-refractivity contribution is 6.03. The standard InChI is InChI=1S/C22H21N5O2/c1-14-21(15(2)27(3)26-14)19-13-20(25-24-19)22(28)23-16-8-7-11-18(12-16)29-17-9-5-4-6-10-17/h4-13H,1-3H3,(H,23,28)(H,24,25). The first kappa shape index (κ1) is 18.5. The fourth-order valence-corrected chi connectivity index (χ4v) is 3.17. The van der Waals surface area contributed by atoms with Crippen molar-refractivity contribution in [3.63, 3.8) is 0 Å². The maximum absolute atomic E-state index is 12.7. The second-order valence-corrected chi connectivity index (χ2v) is 6.73. The predicted molar refractivity (Wildman–Crippen MR) is 111 cm³/mol. The largest absolute Gasteiger partial charge is 0.457 e. The van der Waals surface area contributed by atoms with Crippen LogP contribution in [0.3, 0.4) is 0 Å². The van der Waals surface area contributed by atoms with E-state index in [4.69, 9.17) is 4.74 Å². The van der Waals surface area contributed by atoms with Crippen LogP contribution in [0.1, 0.15) is 21.9 Å². The molecule has 2 N–H and O–H groups in total. The maximum Gasteiger partial charge on any atom is 0.273 e. The number of hydrogen-bond donors (Lipinski definition) is 2. The lowest BCUT2D eigenvalue weighted by Gasteiger charge is -2.08. The lowest BCUT2D eigenvalue weighted by atomic mass is 10.1. The highest BCUT2D eigenvalue weighted by Crippen LogP contribution is 2.26. The van der Waals surface area contributed by atoms with Gasteiger partial charge in [0.15, 0.2) is 0 Å². The van der Waals surface area contributed by atoms with Crippen LogP contribution in [-0.4, -0.2) is 25.9 Å². The molecule has 0 atom stereocenters. The first-order valence-corrected chi connectivity index (χ1v) is 9.21. The molecule has 4 rings (SSSR count). The Morgan fingerprint density at radius 1 is 1.03 bits per heavy atom. The Morgan fingerprint density at radius 3 is 2.52 bits per heavy atom. The minimum atomic E-state index is -0.278. The molecule has 4 aromatic rings. The molecule has 7 nitrogen and oxygen atoms in total. The molecule has 0 aliphatic carbocycles. The summed E-state index contributed by atoms with van der Waals surface area (Å²) in [5, 5.41) is 14.4. The Kier molecular flexibility index (Phi) is 4.87. The second kappa shape index (κ2) is 7.63. The summed E-state index contributed by atoms with van der Waals surface area (Å²) in [6.45, 7) is 3.90. The van der Waals surface area contributed by atoms with Crippen molar-refractivity contribution in [2.75, 3.05) is 5.32 Å². The smallest absolute Gasteiger partial charge is 0.273 e. The third-order valence-electron chi connectivity index (χ3n) is 4.66. The normalized spacial score (nSPS) is 10.7. The molecule has 2 heterocycles. The molecule has 0 saturated heterocycles. The van der Waals surface area contributed by atoms with E-state index in [0.717, 1.165) is 22.7 Å². The number of H-pyrrole nitrogens is 1. The molecule has 0 bridgehead atoms. The van der Waals surface area contributed by atoms with Crippen LogP contribution in [0.4, 0.5) is 5.69 Å². The van der Waals surface area contributed by atoms with Gasteiger partial charge >= 0.3 is 0 Å². The van der Waals surface area contributed by atoms with Crippen molar-refractivity contribution in [3.8, 4) is 22.8 Å². The third kappa shape index (κ3) is 3.89. The minimum absolute atomic E-state index is 0.278. The van der Waals surface area contributed by atoms with Crippen molar-refractivity contribution < 1.29 is 9.53 Å². The first-order valence-electron chi connectivity index (χ1n) is 9.21. The van der Waals surface area contributed by atoms with Gasteiger partial charge in [0.25, 0.3) is 5.91 Å². The lowest BCUT2D eigenvalue weighted by Crippen LogP contribution is -2.12. The Bertz CT molecular complexity index is 1160. The molecule has 0 unspecified atom stereocenters. The van der Waals surface area contributed by atoms with Crippen LogP contribution in [0.15, 0.2) is 60.7 Å². The monoisotopic (exact) mass is 387 g/mol. The Balaban J connectivity index is 1.50. The van der Waals surface area contributed by atoms with Gasteiger partial charge in [-0.1, -0.05) is 24.3 Å². The van der Waals surface area contributed by atoms with Gasteiger partial charge in [-0.05, 0) is 44.2 Å². The van der Waals surface area contributed by atoms with E-state index in [1.807, 2.05) is 69.4 Å². The summed E-state index contributed by atoms with van der Waals surface area (Å²) in [5.41, 5.74) is 4.49. The number of para-hydroxylation sites is 1. The van der Waals surface area contributed by atoms with Gasteiger partial charge in [0.1, 0.15) is 17.2 Å². The summed E-state index contributed by atoms with van der Waals surface area (Å²) < 4.78 is 7.62. The number of anilines is 1. The van der Waals surface area contributed by atoms with E-state index in [1.54, 1.807) is 16.8 Å². The van der Waals surface area contributed by atoms with Crippen LogP contribution in [0.25, 0.3) is 11.3 Å². The molecule has 2 aromatic heterocycles. The number of ether oxygens (including phenoxy) is 1. The van der Waals surface area contributed by atoms with E-state index in [9.17, 15) is 4.79 Å². The van der Waals surface area contributed by atoms with E-state index in [0.29, 0.717) is 22.8 Å². The van der Waals surface area contributed by atoms with Gasteiger partial charge in [0.05, 0.1) is 11.4 Å². The molecule has 0 aliphatic heterocycles. The fourth-order valence-electron chi connectivity index (χ4n) is 3.17. The molecule has 0 fully saturated rings. The number of carbonyl (C=O) groups excluding carboxylic acids is 1. The number of carbonyl (C=O) groups is 1. The van der Waals surface area contributed by atoms with Gasteiger partial charge in [-0.15, -0.1) is 0 Å². The van der Waals surface area contributed by atoms with E-state index in [-0.39, 0.29) is 5.91 Å². The third-order valence-corrected chi connectivity index (χ3v) is 4.66. The first-order chi connectivity index (χ1) is 14.0.